The van der Waals surface area contributed by atoms with E-state index in [-0.39, 0.29) is 18.0 Å². The summed E-state index contributed by atoms with van der Waals surface area (Å²) in [6.07, 6.45) is 2.04. The highest BCUT2D eigenvalue weighted by atomic mass is 35.5. The minimum atomic E-state index is -0.0721. The van der Waals surface area contributed by atoms with Crippen LogP contribution in [0.25, 0.3) is 0 Å². The summed E-state index contributed by atoms with van der Waals surface area (Å²) in [5.74, 6) is 1.63. The zero-order valence-corrected chi connectivity index (χ0v) is 17.3. The number of methoxy groups -OCH3 is 2. The lowest BCUT2D eigenvalue weighted by Gasteiger charge is -2.26. The molecule has 3 rings (SSSR count). The second-order valence-electron chi connectivity index (χ2n) is 7.08. The largest absolute Gasteiger partial charge is 0.497 e. The first-order valence-electron chi connectivity index (χ1n) is 9.52. The molecule has 150 valence electrons. The third-order valence-electron chi connectivity index (χ3n) is 5.25. The number of amides is 1. The highest BCUT2D eigenvalue weighted by Crippen LogP contribution is 2.38. The van der Waals surface area contributed by atoms with Gasteiger partial charge in [-0.2, -0.15) is 0 Å². The van der Waals surface area contributed by atoms with E-state index in [1.165, 1.54) is 0 Å². The molecule has 1 heterocycles. The summed E-state index contributed by atoms with van der Waals surface area (Å²) in [5.41, 5.74) is 2.10. The van der Waals surface area contributed by atoms with Gasteiger partial charge in [0, 0.05) is 16.6 Å². The van der Waals surface area contributed by atoms with Crippen LogP contribution in [0.4, 0.5) is 0 Å². The van der Waals surface area contributed by atoms with E-state index >= 15 is 0 Å². The summed E-state index contributed by atoms with van der Waals surface area (Å²) in [5, 5.41) is 3.78. The molecule has 1 saturated heterocycles. The second kappa shape index (κ2) is 9.30. The van der Waals surface area contributed by atoms with E-state index in [9.17, 15) is 4.79 Å². The SMILES string of the molecule is COc1ccc(OC)c([C@H]2CCCN2CC(=O)N[C@H](C)c2ccc(Cl)cc2)c1. The smallest absolute Gasteiger partial charge is 0.234 e. The van der Waals surface area contributed by atoms with Crippen LogP contribution in [0.1, 0.15) is 43.0 Å². The zero-order valence-electron chi connectivity index (χ0n) is 16.6. The summed E-state index contributed by atoms with van der Waals surface area (Å²) in [6, 6.07) is 13.4. The Hall–Kier alpha value is -2.24. The Kier molecular flexibility index (Phi) is 6.81. The van der Waals surface area contributed by atoms with Crippen molar-refractivity contribution in [1.82, 2.24) is 10.2 Å². The fraction of sp³-hybridized carbons (Fsp3) is 0.409. The fourth-order valence-corrected chi connectivity index (χ4v) is 3.90. The van der Waals surface area contributed by atoms with Gasteiger partial charge in [0.25, 0.3) is 0 Å². The first kappa shape index (κ1) is 20.5. The minimum absolute atomic E-state index is 0.0104. The van der Waals surface area contributed by atoms with Gasteiger partial charge in [-0.05, 0) is 62.2 Å². The lowest BCUT2D eigenvalue weighted by atomic mass is 10.0. The van der Waals surface area contributed by atoms with E-state index in [1.54, 1.807) is 14.2 Å². The Labute approximate surface area is 171 Å². The normalized spacial score (nSPS) is 17.9. The van der Waals surface area contributed by atoms with E-state index in [1.807, 2.05) is 49.4 Å². The van der Waals surface area contributed by atoms with E-state index in [0.29, 0.717) is 11.6 Å². The number of carbonyl (C=O) groups excluding carboxylic acids is 1. The van der Waals surface area contributed by atoms with Crippen LogP contribution in [0.3, 0.4) is 0 Å². The van der Waals surface area contributed by atoms with E-state index in [4.69, 9.17) is 21.1 Å². The third-order valence-corrected chi connectivity index (χ3v) is 5.51. The number of likely N-dealkylation sites (tertiary alicyclic amines) is 1. The van der Waals surface area contributed by atoms with E-state index < -0.39 is 0 Å². The molecule has 0 aromatic heterocycles. The van der Waals surface area contributed by atoms with Crippen molar-refractivity contribution in [3.63, 3.8) is 0 Å². The molecule has 1 aliphatic heterocycles. The van der Waals surface area contributed by atoms with Gasteiger partial charge in [0.2, 0.25) is 5.91 Å². The van der Waals surface area contributed by atoms with Crippen LogP contribution < -0.4 is 14.8 Å². The van der Waals surface area contributed by atoms with Crippen molar-refractivity contribution in [2.45, 2.75) is 31.8 Å². The maximum Gasteiger partial charge on any atom is 0.234 e. The molecule has 2 aromatic carbocycles. The molecule has 1 aliphatic rings. The van der Waals surface area contributed by atoms with Gasteiger partial charge in [-0.25, -0.2) is 0 Å². The van der Waals surface area contributed by atoms with Gasteiger partial charge >= 0.3 is 0 Å². The van der Waals surface area contributed by atoms with E-state index in [2.05, 4.69) is 10.2 Å². The third kappa shape index (κ3) is 4.78. The molecule has 6 heteroatoms. The highest BCUT2D eigenvalue weighted by Gasteiger charge is 2.30. The number of benzene rings is 2. The molecule has 0 spiro atoms. The van der Waals surface area contributed by atoms with Gasteiger partial charge in [0.05, 0.1) is 26.8 Å². The number of hydrogen-bond donors (Lipinski definition) is 1. The van der Waals surface area contributed by atoms with Gasteiger partial charge < -0.3 is 14.8 Å². The first-order valence-corrected chi connectivity index (χ1v) is 9.90. The topological polar surface area (TPSA) is 50.8 Å². The van der Waals surface area contributed by atoms with Crippen molar-refractivity contribution in [2.24, 2.45) is 0 Å². The Bertz CT molecular complexity index is 810. The summed E-state index contributed by atoms with van der Waals surface area (Å²) < 4.78 is 10.9. The minimum Gasteiger partial charge on any atom is -0.497 e. The maximum absolute atomic E-state index is 12.7. The second-order valence-corrected chi connectivity index (χ2v) is 7.51. The number of carbonyl (C=O) groups is 1. The predicted molar refractivity (Wildman–Crippen MR) is 111 cm³/mol. The highest BCUT2D eigenvalue weighted by molar-refractivity contribution is 6.30. The molecule has 0 bridgehead atoms. The quantitative estimate of drug-likeness (QED) is 0.747. The van der Waals surface area contributed by atoms with E-state index in [0.717, 1.165) is 42.0 Å². The van der Waals surface area contributed by atoms with Crippen molar-refractivity contribution in [1.29, 1.82) is 0 Å². The summed E-state index contributed by atoms with van der Waals surface area (Å²) in [4.78, 5) is 14.9. The fourth-order valence-electron chi connectivity index (χ4n) is 3.77. The summed E-state index contributed by atoms with van der Waals surface area (Å²) >= 11 is 5.94. The molecule has 1 N–H and O–H groups in total. The van der Waals surface area contributed by atoms with Crippen LogP contribution in [-0.4, -0.2) is 38.1 Å². The summed E-state index contributed by atoms with van der Waals surface area (Å²) in [7, 11) is 3.33. The average molecular weight is 403 g/mol. The van der Waals surface area contributed by atoms with Gasteiger partial charge in [-0.3, -0.25) is 9.69 Å². The molecule has 0 aliphatic carbocycles. The molecular formula is C22H27ClN2O3. The Morgan fingerprint density at radius 2 is 1.96 bits per heavy atom. The van der Waals surface area contributed by atoms with Gasteiger partial charge in [-0.1, -0.05) is 23.7 Å². The predicted octanol–water partition coefficient (Wildman–Crippen LogP) is 4.37. The van der Waals surface area contributed by atoms with Crippen LogP contribution in [0.15, 0.2) is 42.5 Å². The Morgan fingerprint density at radius 3 is 2.64 bits per heavy atom. The number of rotatable bonds is 7. The molecular weight excluding hydrogens is 376 g/mol. The molecule has 2 aromatic rings. The molecule has 1 amide bonds. The van der Waals surface area contributed by atoms with Gasteiger partial charge in [-0.15, -0.1) is 0 Å². The van der Waals surface area contributed by atoms with Crippen LogP contribution in [0.5, 0.6) is 11.5 Å². The molecule has 28 heavy (non-hydrogen) atoms. The number of nitrogens with one attached hydrogen (secondary N) is 1. The number of ether oxygens (including phenoxy) is 2. The van der Waals surface area contributed by atoms with Crippen molar-refractivity contribution in [2.75, 3.05) is 27.3 Å². The Morgan fingerprint density at radius 1 is 1.21 bits per heavy atom. The number of nitrogens with zero attached hydrogens (tertiary/aromatic N) is 1. The standard InChI is InChI=1S/C22H27ClN2O3/c1-15(16-6-8-17(23)9-7-16)24-22(26)14-25-12-4-5-20(25)19-13-18(27-2)10-11-21(19)28-3/h6-11,13,15,20H,4-5,12,14H2,1-3H3,(H,24,26)/t15-,20-/m1/s1. The van der Waals surface area contributed by atoms with Crippen LogP contribution >= 0.6 is 11.6 Å². The number of hydrogen-bond acceptors (Lipinski definition) is 4. The Balaban J connectivity index is 1.68. The lowest BCUT2D eigenvalue weighted by Crippen LogP contribution is -2.38. The monoisotopic (exact) mass is 402 g/mol. The molecule has 1 fully saturated rings. The molecule has 2 atom stereocenters. The van der Waals surface area contributed by atoms with Gasteiger partial charge in [0.15, 0.2) is 0 Å². The maximum atomic E-state index is 12.7. The van der Waals surface area contributed by atoms with Crippen molar-refractivity contribution in [3.8, 4) is 11.5 Å². The van der Waals surface area contributed by atoms with Crippen LogP contribution in [0, 0.1) is 0 Å². The zero-order chi connectivity index (χ0) is 20.1. The molecule has 0 saturated carbocycles. The van der Waals surface area contributed by atoms with Crippen molar-refractivity contribution < 1.29 is 14.3 Å². The van der Waals surface area contributed by atoms with Crippen molar-refractivity contribution >= 4 is 17.5 Å². The first-order chi connectivity index (χ1) is 13.5. The molecule has 0 unspecified atom stereocenters. The summed E-state index contributed by atoms with van der Waals surface area (Å²) in [6.45, 7) is 3.21. The lowest BCUT2D eigenvalue weighted by molar-refractivity contribution is -0.123. The van der Waals surface area contributed by atoms with Crippen molar-refractivity contribution in [3.05, 3.63) is 58.6 Å². The van der Waals surface area contributed by atoms with Crippen LogP contribution in [0.2, 0.25) is 5.02 Å². The van der Waals surface area contributed by atoms with Crippen LogP contribution in [-0.2, 0) is 4.79 Å². The van der Waals surface area contributed by atoms with Gasteiger partial charge in [0.1, 0.15) is 11.5 Å². The molecule has 5 nitrogen and oxygen atoms in total. The average Bonchev–Trinajstić information content (AvgIpc) is 3.15. The molecule has 0 radical (unpaired) electrons. The number of halogens is 1.